The number of phenols is 1. The topological polar surface area (TPSA) is 90.3 Å². The van der Waals surface area contributed by atoms with Crippen LogP contribution in [0.2, 0.25) is 0 Å². The maximum Gasteiger partial charge on any atom is 0.295 e. The van der Waals surface area contributed by atoms with Gasteiger partial charge >= 0.3 is 0 Å². The first-order chi connectivity index (χ1) is 15.9. The third-order valence-electron chi connectivity index (χ3n) is 5.91. The minimum atomic E-state index is -0.787. The molecule has 1 aliphatic rings. The quantitative estimate of drug-likeness (QED) is 0.322. The molecule has 0 bridgehead atoms. The number of amides is 1. The van der Waals surface area contributed by atoms with Gasteiger partial charge < -0.3 is 24.7 Å². The van der Waals surface area contributed by atoms with Crippen LogP contribution in [-0.4, -0.2) is 64.5 Å². The molecule has 2 aromatic carbocycles. The molecular weight excluding hydrogens is 420 g/mol. The van der Waals surface area contributed by atoms with Crippen molar-refractivity contribution in [1.29, 1.82) is 0 Å². The van der Waals surface area contributed by atoms with E-state index in [1.54, 1.807) is 36.4 Å². The highest BCUT2D eigenvalue weighted by Gasteiger charge is 2.45. The Morgan fingerprint density at radius 2 is 1.79 bits per heavy atom. The van der Waals surface area contributed by atoms with Gasteiger partial charge in [-0.05, 0) is 62.8 Å². The number of phenolic OH excluding ortho intramolecular Hbond substituents is 1. The number of aliphatic hydroxyl groups is 1. The maximum absolute atomic E-state index is 13.1. The lowest BCUT2D eigenvalue weighted by molar-refractivity contribution is -0.140. The molecule has 1 fully saturated rings. The van der Waals surface area contributed by atoms with E-state index in [1.165, 1.54) is 17.0 Å². The van der Waals surface area contributed by atoms with Crippen LogP contribution in [0.5, 0.6) is 11.5 Å². The Hall–Kier alpha value is -3.32. The highest BCUT2D eigenvalue weighted by Crippen LogP contribution is 2.40. The van der Waals surface area contributed by atoms with Crippen molar-refractivity contribution >= 4 is 17.4 Å². The van der Waals surface area contributed by atoms with E-state index >= 15 is 0 Å². The molecule has 1 aliphatic heterocycles. The molecule has 2 aromatic rings. The van der Waals surface area contributed by atoms with E-state index in [1.807, 2.05) is 6.92 Å². The maximum atomic E-state index is 13.1. The number of aliphatic hydroxyl groups excluding tert-OH is 1. The summed E-state index contributed by atoms with van der Waals surface area (Å²) in [5, 5.41) is 21.2. The molecule has 0 aromatic heterocycles. The van der Waals surface area contributed by atoms with Crippen molar-refractivity contribution in [3.63, 3.8) is 0 Å². The molecule has 7 heteroatoms. The molecule has 1 saturated heterocycles. The number of carbonyl (C=O) groups is 2. The molecule has 3 rings (SSSR count). The van der Waals surface area contributed by atoms with E-state index in [0.717, 1.165) is 19.6 Å². The average Bonchev–Trinajstić information content (AvgIpc) is 3.07. The fraction of sp³-hybridized carbons (Fsp3) is 0.385. The van der Waals surface area contributed by atoms with Crippen LogP contribution in [0.1, 0.15) is 44.4 Å². The monoisotopic (exact) mass is 452 g/mol. The third-order valence-corrected chi connectivity index (χ3v) is 5.91. The van der Waals surface area contributed by atoms with Crippen LogP contribution in [-0.2, 0) is 9.59 Å². The fourth-order valence-electron chi connectivity index (χ4n) is 4.21. The number of carbonyl (C=O) groups excluding carboxylic acids is 2. The summed E-state index contributed by atoms with van der Waals surface area (Å²) in [6, 6.07) is 12.5. The van der Waals surface area contributed by atoms with E-state index in [0.29, 0.717) is 36.4 Å². The summed E-state index contributed by atoms with van der Waals surface area (Å²) in [6.45, 7) is 9.44. The molecule has 1 unspecified atom stereocenters. The van der Waals surface area contributed by atoms with Crippen LogP contribution >= 0.6 is 0 Å². The van der Waals surface area contributed by atoms with Crippen LogP contribution in [0.3, 0.4) is 0 Å². The molecule has 1 atom stereocenters. The first-order valence-corrected chi connectivity index (χ1v) is 11.4. The van der Waals surface area contributed by atoms with Gasteiger partial charge in [-0.15, -0.1) is 0 Å². The average molecular weight is 453 g/mol. The first kappa shape index (κ1) is 24.3. The minimum Gasteiger partial charge on any atom is -0.508 e. The Morgan fingerprint density at radius 1 is 1.06 bits per heavy atom. The summed E-state index contributed by atoms with van der Waals surface area (Å²) in [5.41, 5.74) is 0.980. The van der Waals surface area contributed by atoms with Gasteiger partial charge in [0.05, 0.1) is 18.2 Å². The standard InChI is InChI=1S/C26H32N2O5/c1-4-27(5-2)14-9-15-28-23(18-10-7-12-20(29)16-18)22(25(31)26(28)32)24(30)19-11-8-13-21(17-19)33-6-3/h7-8,10-13,16-17,23,29-30H,4-6,9,14-15H2,1-3H3/b24-22+. The van der Waals surface area contributed by atoms with Gasteiger partial charge in [0.2, 0.25) is 0 Å². The normalized spacial score (nSPS) is 17.7. The zero-order chi connectivity index (χ0) is 24.0. The number of rotatable bonds is 10. The zero-order valence-electron chi connectivity index (χ0n) is 19.5. The number of aromatic hydroxyl groups is 1. The van der Waals surface area contributed by atoms with Crippen molar-refractivity contribution in [2.45, 2.75) is 33.2 Å². The lowest BCUT2D eigenvalue weighted by Gasteiger charge is -2.27. The van der Waals surface area contributed by atoms with Crippen LogP contribution in [0, 0.1) is 0 Å². The second-order valence-corrected chi connectivity index (χ2v) is 7.93. The summed E-state index contributed by atoms with van der Waals surface area (Å²) in [6.07, 6.45) is 0.684. The molecule has 7 nitrogen and oxygen atoms in total. The van der Waals surface area contributed by atoms with Gasteiger partial charge in [0.25, 0.3) is 11.7 Å². The van der Waals surface area contributed by atoms with Gasteiger partial charge in [-0.2, -0.15) is 0 Å². The Kier molecular flexibility index (Phi) is 8.11. The first-order valence-electron chi connectivity index (χ1n) is 11.4. The van der Waals surface area contributed by atoms with E-state index in [9.17, 15) is 19.8 Å². The number of Topliss-reactive ketones (excluding diaryl/α,β-unsaturated/α-hetero) is 1. The lowest BCUT2D eigenvalue weighted by Crippen LogP contribution is -2.33. The van der Waals surface area contributed by atoms with Crippen molar-refractivity contribution < 1.29 is 24.5 Å². The lowest BCUT2D eigenvalue weighted by atomic mass is 9.95. The van der Waals surface area contributed by atoms with Gasteiger partial charge in [-0.3, -0.25) is 9.59 Å². The summed E-state index contributed by atoms with van der Waals surface area (Å²) in [7, 11) is 0. The van der Waals surface area contributed by atoms with Gasteiger partial charge in [-0.25, -0.2) is 0 Å². The molecule has 1 amide bonds. The molecule has 33 heavy (non-hydrogen) atoms. The van der Waals surface area contributed by atoms with Crippen molar-refractivity contribution in [1.82, 2.24) is 9.80 Å². The molecule has 2 N–H and O–H groups in total. The Bertz CT molecular complexity index is 1030. The highest BCUT2D eigenvalue weighted by molar-refractivity contribution is 6.46. The van der Waals surface area contributed by atoms with Gasteiger partial charge in [0.15, 0.2) is 0 Å². The molecule has 0 aliphatic carbocycles. The number of hydrogen-bond acceptors (Lipinski definition) is 6. The van der Waals surface area contributed by atoms with Crippen molar-refractivity contribution in [3.8, 4) is 11.5 Å². The number of benzene rings is 2. The second-order valence-electron chi connectivity index (χ2n) is 7.93. The summed E-state index contributed by atoms with van der Waals surface area (Å²) in [4.78, 5) is 29.9. The summed E-state index contributed by atoms with van der Waals surface area (Å²) in [5.74, 6) is -1.05. The van der Waals surface area contributed by atoms with E-state index in [4.69, 9.17) is 4.74 Å². The van der Waals surface area contributed by atoms with Crippen LogP contribution in [0.4, 0.5) is 0 Å². The highest BCUT2D eigenvalue weighted by atomic mass is 16.5. The van der Waals surface area contributed by atoms with Crippen LogP contribution < -0.4 is 4.74 Å². The van der Waals surface area contributed by atoms with E-state index < -0.39 is 17.7 Å². The van der Waals surface area contributed by atoms with Crippen molar-refractivity contribution in [2.75, 3.05) is 32.8 Å². The number of likely N-dealkylation sites (tertiary alicyclic amines) is 1. The van der Waals surface area contributed by atoms with Crippen LogP contribution in [0.25, 0.3) is 5.76 Å². The van der Waals surface area contributed by atoms with E-state index in [-0.39, 0.29) is 17.1 Å². The molecule has 176 valence electrons. The van der Waals surface area contributed by atoms with Gasteiger partial charge in [-0.1, -0.05) is 38.1 Å². The van der Waals surface area contributed by atoms with Gasteiger partial charge in [0.1, 0.15) is 17.3 Å². The minimum absolute atomic E-state index is 0.0158. The zero-order valence-corrected chi connectivity index (χ0v) is 19.5. The van der Waals surface area contributed by atoms with Gasteiger partial charge in [0, 0.05) is 12.1 Å². The summed E-state index contributed by atoms with van der Waals surface area (Å²) < 4.78 is 5.52. The van der Waals surface area contributed by atoms with E-state index in [2.05, 4.69) is 18.7 Å². The largest absolute Gasteiger partial charge is 0.508 e. The van der Waals surface area contributed by atoms with Crippen LogP contribution in [0.15, 0.2) is 54.1 Å². The van der Waals surface area contributed by atoms with Crippen molar-refractivity contribution in [2.24, 2.45) is 0 Å². The number of ketones is 1. The smallest absolute Gasteiger partial charge is 0.295 e. The summed E-state index contributed by atoms with van der Waals surface area (Å²) >= 11 is 0. The Labute approximate surface area is 194 Å². The molecule has 0 saturated carbocycles. The molecule has 0 radical (unpaired) electrons. The van der Waals surface area contributed by atoms with Crippen molar-refractivity contribution in [3.05, 3.63) is 65.2 Å². The Balaban J connectivity index is 2.04. The molecule has 1 heterocycles. The second kappa shape index (κ2) is 11.0. The predicted octanol–water partition coefficient (Wildman–Crippen LogP) is 3.94. The molecule has 0 spiro atoms. The number of nitrogens with zero attached hydrogens (tertiary/aromatic N) is 2. The number of hydrogen-bond donors (Lipinski definition) is 2. The number of ether oxygens (including phenoxy) is 1. The predicted molar refractivity (Wildman–Crippen MR) is 127 cm³/mol. The third kappa shape index (κ3) is 5.37. The Morgan fingerprint density at radius 3 is 2.45 bits per heavy atom. The molecular formula is C26H32N2O5. The fourth-order valence-corrected chi connectivity index (χ4v) is 4.21. The SMILES string of the molecule is CCOc1cccc(/C(O)=C2\C(=O)C(=O)N(CCCN(CC)CC)C2c2cccc(O)c2)c1.